The third-order valence-corrected chi connectivity index (χ3v) is 4.68. The highest BCUT2D eigenvalue weighted by Gasteiger charge is 2.24. The van der Waals surface area contributed by atoms with Gasteiger partial charge < -0.3 is 15.0 Å². The number of piperazine rings is 1. The Hall–Kier alpha value is -2.06. The Labute approximate surface area is 152 Å². The fourth-order valence-electron chi connectivity index (χ4n) is 3.00. The Morgan fingerprint density at radius 1 is 1.23 bits per heavy atom. The van der Waals surface area contributed by atoms with Crippen molar-refractivity contribution in [1.82, 2.24) is 15.1 Å². The number of nitrogens with one attached hydrogen (secondary N) is 1. The van der Waals surface area contributed by atoms with Crippen LogP contribution in [0.5, 0.6) is 0 Å². The molecule has 1 fully saturated rings. The number of benzene rings is 1. The minimum atomic E-state index is -0.575. The van der Waals surface area contributed by atoms with Crippen molar-refractivity contribution in [1.29, 1.82) is 0 Å². The standard InChI is InChI=1S/C18H25F2N3O3/c1-13(15-4-3-14(19)11-16(15)20)23-9-7-22(8-10-23)6-5-17(24)21-12-18(25)26-2/h3-4,11,13H,5-10,12H2,1-2H3,(H,21,24)/t13-/m1/s1. The topological polar surface area (TPSA) is 61.9 Å². The Balaban J connectivity index is 1.74. The van der Waals surface area contributed by atoms with Crippen LogP contribution in [-0.4, -0.2) is 68.1 Å². The quantitative estimate of drug-likeness (QED) is 0.735. The third kappa shape index (κ3) is 5.74. The summed E-state index contributed by atoms with van der Waals surface area (Å²) in [6.45, 7) is 5.38. The predicted octanol–water partition coefficient (Wildman–Crippen LogP) is 1.32. The number of halogens is 2. The van der Waals surface area contributed by atoms with Gasteiger partial charge in [0.05, 0.1) is 7.11 Å². The second-order valence-corrected chi connectivity index (χ2v) is 6.32. The molecule has 2 rings (SSSR count). The van der Waals surface area contributed by atoms with Crippen molar-refractivity contribution in [3.05, 3.63) is 35.4 Å². The smallest absolute Gasteiger partial charge is 0.325 e. The van der Waals surface area contributed by atoms with E-state index in [1.807, 2.05) is 6.92 Å². The van der Waals surface area contributed by atoms with Crippen molar-refractivity contribution >= 4 is 11.9 Å². The van der Waals surface area contributed by atoms with Gasteiger partial charge in [-0.15, -0.1) is 0 Å². The number of amides is 1. The van der Waals surface area contributed by atoms with Crippen molar-refractivity contribution in [3.63, 3.8) is 0 Å². The SMILES string of the molecule is COC(=O)CNC(=O)CCN1CCN([C@H](C)c2ccc(F)cc2F)CC1. The van der Waals surface area contributed by atoms with Crippen molar-refractivity contribution in [2.24, 2.45) is 0 Å². The number of esters is 1. The van der Waals surface area contributed by atoms with Gasteiger partial charge in [-0.1, -0.05) is 6.07 Å². The molecule has 26 heavy (non-hydrogen) atoms. The van der Waals surface area contributed by atoms with Gasteiger partial charge in [0.15, 0.2) is 0 Å². The molecule has 1 N–H and O–H groups in total. The molecule has 6 nitrogen and oxygen atoms in total. The Bertz CT molecular complexity index is 634. The number of hydrogen-bond donors (Lipinski definition) is 1. The number of methoxy groups -OCH3 is 1. The molecule has 1 heterocycles. The first kappa shape index (κ1) is 20.3. The van der Waals surface area contributed by atoms with Gasteiger partial charge in [0.25, 0.3) is 0 Å². The zero-order valence-corrected chi connectivity index (χ0v) is 15.1. The molecule has 1 aromatic carbocycles. The second-order valence-electron chi connectivity index (χ2n) is 6.32. The maximum absolute atomic E-state index is 13.9. The Morgan fingerprint density at radius 2 is 1.92 bits per heavy atom. The number of ether oxygens (including phenoxy) is 1. The van der Waals surface area contributed by atoms with Gasteiger partial charge in [-0.3, -0.25) is 14.5 Å². The molecule has 0 aliphatic carbocycles. The highest BCUT2D eigenvalue weighted by atomic mass is 19.1. The van der Waals surface area contributed by atoms with Crippen LogP contribution >= 0.6 is 0 Å². The highest BCUT2D eigenvalue weighted by molar-refractivity contribution is 5.81. The summed E-state index contributed by atoms with van der Waals surface area (Å²) in [4.78, 5) is 27.0. The van der Waals surface area contributed by atoms with Crippen LogP contribution < -0.4 is 5.32 Å². The summed E-state index contributed by atoms with van der Waals surface area (Å²) < 4.78 is 31.5. The normalized spacial score (nSPS) is 16.9. The van der Waals surface area contributed by atoms with E-state index in [1.54, 1.807) is 0 Å². The molecule has 0 saturated carbocycles. The van der Waals surface area contributed by atoms with E-state index in [2.05, 4.69) is 19.9 Å². The van der Waals surface area contributed by atoms with Gasteiger partial charge in [0.2, 0.25) is 5.91 Å². The van der Waals surface area contributed by atoms with Crippen LogP contribution in [0.4, 0.5) is 8.78 Å². The average Bonchev–Trinajstić information content (AvgIpc) is 2.64. The molecule has 1 aliphatic rings. The molecule has 0 bridgehead atoms. The molecule has 1 saturated heterocycles. The zero-order valence-electron chi connectivity index (χ0n) is 15.1. The first-order chi connectivity index (χ1) is 12.4. The lowest BCUT2D eigenvalue weighted by molar-refractivity contribution is -0.141. The molecule has 8 heteroatoms. The van der Waals surface area contributed by atoms with E-state index in [0.717, 1.165) is 32.2 Å². The summed E-state index contributed by atoms with van der Waals surface area (Å²) in [5.41, 5.74) is 0.488. The fraction of sp³-hybridized carbons (Fsp3) is 0.556. The monoisotopic (exact) mass is 369 g/mol. The van der Waals surface area contributed by atoms with Crippen LogP contribution in [0.1, 0.15) is 24.9 Å². The number of hydrogen-bond acceptors (Lipinski definition) is 5. The summed E-state index contributed by atoms with van der Waals surface area (Å²) in [6, 6.07) is 3.54. The molecule has 0 unspecified atom stereocenters. The first-order valence-electron chi connectivity index (χ1n) is 8.65. The van der Waals surface area contributed by atoms with E-state index < -0.39 is 17.6 Å². The molecule has 1 aromatic rings. The van der Waals surface area contributed by atoms with Crippen LogP contribution in [-0.2, 0) is 14.3 Å². The predicted molar refractivity (Wildman–Crippen MR) is 92.4 cm³/mol. The maximum Gasteiger partial charge on any atom is 0.325 e. The van der Waals surface area contributed by atoms with Crippen LogP contribution in [0.15, 0.2) is 18.2 Å². The van der Waals surface area contributed by atoms with Gasteiger partial charge in [-0.05, 0) is 13.0 Å². The summed E-state index contributed by atoms with van der Waals surface area (Å²) >= 11 is 0. The van der Waals surface area contributed by atoms with Crippen LogP contribution in [0.25, 0.3) is 0 Å². The molecule has 1 aliphatic heterocycles. The van der Waals surface area contributed by atoms with Crippen molar-refractivity contribution in [2.45, 2.75) is 19.4 Å². The number of rotatable bonds is 7. The van der Waals surface area contributed by atoms with E-state index in [9.17, 15) is 18.4 Å². The van der Waals surface area contributed by atoms with Gasteiger partial charge >= 0.3 is 5.97 Å². The summed E-state index contributed by atoms with van der Waals surface area (Å²) in [5.74, 6) is -1.77. The summed E-state index contributed by atoms with van der Waals surface area (Å²) in [5, 5.41) is 2.51. The second kappa shape index (κ2) is 9.59. The van der Waals surface area contributed by atoms with Crippen LogP contribution in [0.2, 0.25) is 0 Å². The van der Waals surface area contributed by atoms with Crippen LogP contribution in [0, 0.1) is 11.6 Å². The molecule has 0 aromatic heterocycles. The lowest BCUT2D eigenvalue weighted by atomic mass is 10.1. The van der Waals surface area contributed by atoms with Crippen molar-refractivity contribution in [3.8, 4) is 0 Å². The first-order valence-corrected chi connectivity index (χ1v) is 8.65. The van der Waals surface area contributed by atoms with E-state index in [1.165, 1.54) is 19.2 Å². The van der Waals surface area contributed by atoms with E-state index in [0.29, 0.717) is 18.5 Å². The number of nitrogens with zero attached hydrogens (tertiary/aromatic N) is 2. The van der Waals surface area contributed by atoms with E-state index in [-0.39, 0.29) is 18.5 Å². The van der Waals surface area contributed by atoms with Crippen LogP contribution in [0.3, 0.4) is 0 Å². The minimum absolute atomic E-state index is 0.121. The number of carbonyl (C=O) groups excluding carboxylic acids is 2. The maximum atomic E-state index is 13.9. The van der Waals surface area contributed by atoms with E-state index in [4.69, 9.17) is 0 Å². The molecular weight excluding hydrogens is 344 g/mol. The molecule has 0 radical (unpaired) electrons. The van der Waals surface area contributed by atoms with E-state index >= 15 is 0 Å². The van der Waals surface area contributed by atoms with Gasteiger partial charge in [-0.2, -0.15) is 0 Å². The fourth-order valence-corrected chi connectivity index (χ4v) is 3.00. The molecule has 1 atom stereocenters. The molecule has 0 spiro atoms. The average molecular weight is 369 g/mol. The molecular formula is C18H25F2N3O3. The van der Waals surface area contributed by atoms with Gasteiger partial charge in [0, 0.05) is 56.8 Å². The number of carbonyl (C=O) groups is 2. The Morgan fingerprint density at radius 3 is 2.54 bits per heavy atom. The highest BCUT2D eigenvalue weighted by Crippen LogP contribution is 2.24. The molecule has 144 valence electrons. The minimum Gasteiger partial charge on any atom is -0.468 e. The van der Waals surface area contributed by atoms with Gasteiger partial charge in [-0.25, -0.2) is 8.78 Å². The lowest BCUT2D eigenvalue weighted by Crippen LogP contribution is -2.48. The van der Waals surface area contributed by atoms with Crippen molar-refractivity contribution in [2.75, 3.05) is 46.4 Å². The third-order valence-electron chi connectivity index (χ3n) is 4.68. The van der Waals surface area contributed by atoms with Crippen molar-refractivity contribution < 1.29 is 23.1 Å². The largest absolute Gasteiger partial charge is 0.468 e. The Kier molecular flexibility index (Phi) is 7.47. The lowest BCUT2D eigenvalue weighted by Gasteiger charge is -2.38. The zero-order chi connectivity index (χ0) is 19.1. The van der Waals surface area contributed by atoms with Gasteiger partial charge in [0.1, 0.15) is 18.2 Å². The molecule has 1 amide bonds. The summed E-state index contributed by atoms with van der Waals surface area (Å²) in [6.07, 6.45) is 0.305. The summed E-state index contributed by atoms with van der Waals surface area (Å²) in [7, 11) is 1.27.